The summed E-state index contributed by atoms with van der Waals surface area (Å²) in [5.41, 5.74) is -0.225. The summed E-state index contributed by atoms with van der Waals surface area (Å²) in [6, 6.07) is 5.69. The number of carbonyl (C=O) groups excluding carboxylic acids is 1. The number of likely N-dealkylation sites (tertiary alicyclic amines) is 1. The van der Waals surface area contributed by atoms with E-state index >= 15 is 0 Å². The molecule has 1 aromatic heterocycles. The number of halogens is 5. The Hall–Kier alpha value is -1.97. The van der Waals surface area contributed by atoms with Crippen molar-refractivity contribution in [1.29, 1.82) is 0 Å². The van der Waals surface area contributed by atoms with Crippen molar-refractivity contribution in [2.75, 3.05) is 33.8 Å². The summed E-state index contributed by atoms with van der Waals surface area (Å²) in [5, 5.41) is 6.80. The fourth-order valence-corrected chi connectivity index (χ4v) is 4.60. The van der Waals surface area contributed by atoms with E-state index in [0.717, 1.165) is 10.2 Å². The molecule has 1 N–H and O–H groups in total. The maximum absolute atomic E-state index is 13.1. The number of alkyl halides is 3. The van der Waals surface area contributed by atoms with Crippen LogP contribution in [-0.4, -0.2) is 54.4 Å². The number of aromatic nitrogens is 2. The minimum Gasteiger partial charge on any atom is -0.495 e. The summed E-state index contributed by atoms with van der Waals surface area (Å²) in [7, 11) is 3.43. The molecule has 1 aliphatic heterocycles. The molecule has 2 aromatic rings. The van der Waals surface area contributed by atoms with Crippen LogP contribution in [0.5, 0.6) is 5.75 Å². The van der Waals surface area contributed by atoms with Crippen LogP contribution in [-0.2, 0) is 22.9 Å². The maximum atomic E-state index is 13.1. The van der Waals surface area contributed by atoms with Gasteiger partial charge in [-0.3, -0.25) is 9.48 Å². The van der Waals surface area contributed by atoms with Gasteiger partial charge in [-0.15, -0.1) is 0 Å². The quantitative estimate of drug-likeness (QED) is 0.652. The number of hydrogen-bond donors (Lipinski definition) is 1. The van der Waals surface area contributed by atoms with Crippen LogP contribution in [0.15, 0.2) is 18.2 Å². The summed E-state index contributed by atoms with van der Waals surface area (Å²) in [6.07, 6.45) is -3.32. The average molecular weight is 493 g/mol. The zero-order valence-electron chi connectivity index (χ0n) is 18.0. The zero-order valence-corrected chi connectivity index (χ0v) is 19.5. The number of carbonyl (C=O) groups is 1. The van der Waals surface area contributed by atoms with E-state index in [1.165, 1.54) is 6.92 Å². The monoisotopic (exact) mass is 492 g/mol. The predicted octanol–water partition coefficient (Wildman–Crippen LogP) is 4.31. The Morgan fingerprint density at radius 2 is 1.94 bits per heavy atom. The standard InChI is InChI=1S/C21H25Cl2F3N4O2/c1-13-18(23)19(21(24,25)26)28-30(13)11-17(31)29-8-6-20(7-9-29,12-27-2)14-4-5-15(22)16(10-14)32-3/h4-5,10,27H,6-9,11-12H2,1-3H3. The van der Waals surface area contributed by atoms with Crippen LogP contribution in [0.4, 0.5) is 13.2 Å². The molecule has 1 aromatic carbocycles. The van der Waals surface area contributed by atoms with E-state index in [1.54, 1.807) is 18.1 Å². The normalized spacial score (nSPS) is 16.3. The molecule has 0 unspecified atom stereocenters. The molecule has 176 valence electrons. The molecule has 1 aliphatic rings. The molecule has 0 saturated carbocycles. The molecule has 1 fully saturated rings. The minimum absolute atomic E-state index is 0.113. The topological polar surface area (TPSA) is 59.4 Å². The Kier molecular flexibility index (Phi) is 7.31. The van der Waals surface area contributed by atoms with Crippen LogP contribution in [0.3, 0.4) is 0 Å². The molecule has 0 bridgehead atoms. The number of methoxy groups -OCH3 is 1. The first-order chi connectivity index (χ1) is 15.0. The van der Waals surface area contributed by atoms with Crippen LogP contribution in [0, 0.1) is 6.92 Å². The van der Waals surface area contributed by atoms with Crippen molar-refractivity contribution in [3.63, 3.8) is 0 Å². The third-order valence-corrected chi connectivity index (χ3v) is 6.80. The Morgan fingerprint density at radius 1 is 1.28 bits per heavy atom. The van der Waals surface area contributed by atoms with Gasteiger partial charge in [0.2, 0.25) is 5.91 Å². The summed E-state index contributed by atoms with van der Waals surface area (Å²) >= 11 is 12.0. The Balaban J connectivity index is 1.74. The Labute approximate surface area is 194 Å². The maximum Gasteiger partial charge on any atom is 0.436 e. The summed E-state index contributed by atoms with van der Waals surface area (Å²) in [5.74, 6) is 0.289. The van der Waals surface area contributed by atoms with Crippen molar-refractivity contribution in [2.45, 2.75) is 37.9 Å². The minimum atomic E-state index is -4.67. The van der Waals surface area contributed by atoms with Gasteiger partial charge in [0.05, 0.1) is 22.8 Å². The lowest BCUT2D eigenvalue weighted by atomic mass is 9.72. The third-order valence-electron chi connectivity index (χ3n) is 6.04. The van der Waals surface area contributed by atoms with Gasteiger partial charge in [0, 0.05) is 25.0 Å². The number of nitrogens with one attached hydrogen (secondary N) is 1. The summed E-state index contributed by atoms with van der Waals surface area (Å²) in [6.45, 7) is 2.75. The second kappa shape index (κ2) is 9.49. The van der Waals surface area contributed by atoms with E-state index in [1.807, 2.05) is 19.2 Å². The van der Waals surface area contributed by atoms with Crippen molar-refractivity contribution >= 4 is 29.1 Å². The zero-order chi connectivity index (χ0) is 23.7. The predicted molar refractivity (Wildman–Crippen MR) is 116 cm³/mol. The number of hydrogen-bond acceptors (Lipinski definition) is 4. The number of rotatable bonds is 6. The number of nitrogens with zero attached hydrogens (tertiary/aromatic N) is 3. The van der Waals surface area contributed by atoms with E-state index in [2.05, 4.69) is 10.4 Å². The van der Waals surface area contributed by atoms with Crippen LogP contribution in [0.25, 0.3) is 0 Å². The lowest BCUT2D eigenvalue weighted by molar-refractivity contribution is -0.142. The molecule has 1 saturated heterocycles. The van der Waals surface area contributed by atoms with Crippen LogP contribution in [0.1, 0.15) is 29.8 Å². The van der Waals surface area contributed by atoms with Gasteiger partial charge in [-0.25, -0.2) is 0 Å². The van der Waals surface area contributed by atoms with Crippen molar-refractivity contribution in [2.24, 2.45) is 0 Å². The van der Waals surface area contributed by atoms with Crippen LogP contribution >= 0.6 is 23.2 Å². The van der Waals surface area contributed by atoms with Gasteiger partial charge in [-0.05, 0) is 44.5 Å². The van der Waals surface area contributed by atoms with Gasteiger partial charge in [-0.1, -0.05) is 29.3 Å². The van der Waals surface area contributed by atoms with E-state index in [0.29, 0.717) is 43.2 Å². The number of likely N-dealkylation sites (N-methyl/N-ethyl adjacent to an activating group) is 1. The number of benzene rings is 1. The first kappa shape index (κ1) is 24.7. The van der Waals surface area contributed by atoms with Crippen LogP contribution < -0.4 is 10.1 Å². The molecule has 32 heavy (non-hydrogen) atoms. The molecule has 0 spiro atoms. The molecule has 0 aliphatic carbocycles. The smallest absolute Gasteiger partial charge is 0.436 e. The fraction of sp³-hybridized carbons (Fsp3) is 0.524. The lowest BCUT2D eigenvalue weighted by Crippen LogP contribution is -2.49. The summed E-state index contributed by atoms with van der Waals surface area (Å²) in [4.78, 5) is 14.5. The fourth-order valence-electron chi connectivity index (χ4n) is 4.17. The van der Waals surface area contributed by atoms with E-state index in [-0.39, 0.29) is 23.6 Å². The van der Waals surface area contributed by atoms with Crippen molar-refractivity contribution in [1.82, 2.24) is 20.0 Å². The molecule has 2 heterocycles. The number of piperidine rings is 1. The molecular weight excluding hydrogens is 468 g/mol. The molecule has 6 nitrogen and oxygen atoms in total. The van der Waals surface area contributed by atoms with Gasteiger partial charge >= 0.3 is 6.18 Å². The molecule has 3 rings (SSSR count). The number of amides is 1. The van der Waals surface area contributed by atoms with E-state index < -0.39 is 16.9 Å². The first-order valence-electron chi connectivity index (χ1n) is 10.1. The average Bonchev–Trinajstić information content (AvgIpc) is 3.03. The second-order valence-corrected chi connectivity index (χ2v) is 8.73. The van der Waals surface area contributed by atoms with Gasteiger partial charge in [0.25, 0.3) is 0 Å². The van der Waals surface area contributed by atoms with Crippen molar-refractivity contribution in [3.05, 3.63) is 45.2 Å². The molecular formula is C21H25Cl2F3N4O2. The van der Waals surface area contributed by atoms with Crippen molar-refractivity contribution in [3.8, 4) is 5.75 Å². The van der Waals surface area contributed by atoms with Gasteiger partial charge < -0.3 is 15.0 Å². The Morgan fingerprint density at radius 3 is 2.47 bits per heavy atom. The highest BCUT2D eigenvalue weighted by atomic mass is 35.5. The molecule has 0 atom stereocenters. The molecule has 1 amide bonds. The highest BCUT2D eigenvalue weighted by Crippen LogP contribution is 2.39. The van der Waals surface area contributed by atoms with Gasteiger partial charge in [-0.2, -0.15) is 18.3 Å². The lowest BCUT2D eigenvalue weighted by Gasteiger charge is -2.42. The van der Waals surface area contributed by atoms with Crippen LogP contribution in [0.2, 0.25) is 10.0 Å². The van der Waals surface area contributed by atoms with Gasteiger partial charge in [0.15, 0.2) is 5.69 Å². The summed E-state index contributed by atoms with van der Waals surface area (Å²) < 4.78 is 45.5. The highest BCUT2D eigenvalue weighted by molar-refractivity contribution is 6.32. The highest BCUT2D eigenvalue weighted by Gasteiger charge is 2.40. The molecule has 11 heteroatoms. The third kappa shape index (κ3) is 4.84. The number of ether oxygens (including phenoxy) is 1. The van der Waals surface area contributed by atoms with Crippen molar-refractivity contribution < 1.29 is 22.7 Å². The first-order valence-corrected chi connectivity index (χ1v) is 10.8. The molecule has 0 radical (unpaired) electrons. The van der Waals surface area contributed by atoms with E-state index in [9.17, 15) is 18.0 Å². The second-order valence-electron chi connectivity index (χ2n) is 7.94. The Bertz CT molecular complexity index is 986. The van der Waals surface area contributed by atoms with E-state index in [4.69, 9.17) is 27.9 Å². The van der Waals surface area contributed by atoms with Gasteiger partial charge in [0.1, 0.15) is 12.3 Å². The largest absolute Gasteiger partial charge is 0.495 e. The SMILES string of the molecule is CNCC1(c2ccc(Cl)c(OC)c2)CCN(C(=O)Cn2nc(C(F)(F)F)c(Cl)c2C)CC1.